The van der Waals surface area contributed by atoms with Crippen molar-refractivity contribution in [1.82, 2.24) is 4.57 Å². The number of methoxy groups -OCH3 is 1. The normalized spacial score (nSPS) is 14.8. The second-order valence-corrected chi connectivity index (χ2v) is 10.1. The van der Waals surface area contributed by atoms with E-state index in [1.165, 1.54) is 29.9 Å². The van der Waals surface area contributed by atoms with Crippen LogP contribution >= 0.6 is 11.3 Å². The van der Waals surface area contributed by atoms with Gasteiger partial charge in [0.15, 0.2) is 16.3 Å². The van der Waals surface area contributed by atoms with Crippen LogP contribution in [0.25, 0.3) is 6.08 Å². The van der Waals surface area contributed by atoms with E-state index in [1.807, 2.05) is 30.3 Å². The smallest absolute Gasteiger partial charge is 0.338 e. The van der Waals surface area contributed by atoms with Crippen LogP contribution in [0.5, 0.6) is 11.5 Å². The molecule has 40 heavy (non-hydrogen) atoms. The molecule has 0 saturated carbocycles. The molecule has 0 N–H and O–H groups in total. The maximum atomic E-state index is 13.9. The van der Waals surface area contributed by atoms with E-state index in [9.17, 15) is 14.4 Å². The average molecular weight is 564 g/mol. The summed E-state index contributed by atoms with van der Waals surface area (Å²) in [5, 5.41) is 0. The van der Waals surface area contributed by atoms with Gasteiger partial charge in [-0.15, -0.1) is 0 Å². The Morgan fingerprint density at radius 3 is 2.38 bits per heavy atom. The standard InChI is InChI=1S/C30H33N3O6S/c1-7-32(8-2)22-13-10-20(11-14-22)16-25-28(35)33-27(21-12-15-23(39-19(5)34)24(17-21)37-6)26(29(36)38-9-3)18(4)31-30(33)40-25/h10-17,27H,7-9H2,1-6H3/b25-16-. The molecule has 1 aliphatic rings. The molecule has 2 aromatic carbocycles. The lowest BCUT2D eigenvalue weighted by atomic mass is 9.95. The zero-order valence-corrected chi connectivity index (χ0v) is 24.3. The molecule has 0 amide bonds. The summed E-state index contributed by atoms with van der Waals surface area (Å²) in [5.41, 5.74) is 3.02. The number of benzene rings is 2. The number of allylic oxidation sites excluding steroid dienone is 1. The van der Waals surface area contributed by atoms with Crippen molar-refractivity contribution in [2.75, 3.05) is 31.7 Å². The Balaban J connectivity index is 1.88. The van der Waals surface area contributed by atoms with Gasteiger partial charge in [-0.25, -0.2) is 9.79 Å². The first-order valence-corrected chi connectivity index (χ1v) is 13.9. The van der Waals surface area contributed by atoms with E-state index >= 15 is 0 Å². The lowest BCUT2D eigenvalue weighted by Gasteiger charge is -2.25. The SMILES string of the molecule is CCOC(=O)C1=C(C)N=c2s/c(=C\c3ccc(N(CC)CC)cc3)c(=O)n2C1c1ccc(OC(C)=O)c(OC)c1. The molecule has 10 heteroatoms. The minimum Gasteiger partial charge on any atom is -0.493 e. The van der Waals surface area contributed by atoms with Gasteiger partial charge in [0.1, 0.15) is 0 Å². The zero-order chi connectivity index (χ0) is 29.0. The number of anilines is 1. The van der Waals surface area contributed by atoms with Crippen molar-refractivity contribution >= 4 is 35.0 Å². The summed E-state index contributed by atoms with van der Waals surface area (Å²) >= 11 is 1.26. The van der Waals surface area contributed by atoms with Gasteiger partial charge in [-0.05, 0) is 69.2 Å². The summed E-state index contributed by atoms with van der Waals surface area (Å²) in [6.45, 7) is 11.0. The van der Waals surface area contributed by atoms with E-state index in [4.69, 9.17) is 14.2 Å². The van der Waals surface area contributed by atoms with Gasteiger partial charge in [0.25, 0.3) is 5.56 Å². The monoisotopic (exact) mass is 563 g/mol. The molecule has 1 atom stereocenters. The predicted octanol–water partition coefficient (Wildman–Crippen LogP) is 3.58. The Morgan fingerprint density at radius 1 is 1.07 bits per heavy atom. The molecule has 210 valence electrons. The highest BCUT2D eigenvalue weighted by atomic mass is 32.1. The van der Waals surface area contributed by atoms with Gasteiger partial charge >= 0.3 is 11.9 Å². The van der Waals surface area contributed by atoms with Gasteiger partial charge in [0, 0.05) is 25.7 Å². The van der Waals surface area contributed by atoms with Crippen LogP contribution in [0.4, 0.5) is 5.69 Å². The van der Waals surface area contributed by atoms with E-state index < -0.39 is 18.0 Å². The Bertz CT molecular complexity index is 1630. The fourth-order valence-corrected chi connectivity index (χ4v) is 5.77. The van der Waals surface area contributed by atoms with Crippen LogP contribution in [0.3, 0.4) is 0 Å². The molecule has 3 aromatic rings. The van der Waals surface area contributed by atoms with Gasteiger partial charge < -0.3 is 19.1 Å². The van der Waals surface area contributed by atoms with Crippen molar-refractivity contribution in [3.63, 3.8) is 0 Å². The molecule has 1 aromatic heterocycles. The number of nitrogens with zero attached hydrogens (tertiary/aromatic N) is 3. The molecule has 4 rings (SSSR count). The van der Waals surface area contributed by atoms with Crippen molar-refractivity contribution < 1.29 is 23.8 Å². The van der Waals surface area contributed by atoms with E-state index in [1.54, 1.807) is 32.0 Å². The van der Waals surface area contributed by atoms with Crippen LogP contribution in [-0.4, -0.2) is 43.3 Å². The van der Waals surface area contributed by atoms with Gasteiger partial charge in [-0.2, -0.15) is 0 Å². The highest BCUT2D eigenvalue weighted by Gasteiger charge is 2.34. The number of esters is 2. The van der Waals surface area contributed by atoms with Crippen molar-refractivity contribution in [3.8, 4) is 11.5 Å². The minimum absolute atomic E-state index is 0.172. The molecule has 0 saturated heterocycles. The number of carbonyl (C=O) groups excluding carboxylic acids is 2. The number of hydrogen-bond donors (Lipinski definition) is 0. The summed E-state index contributed by atoms with van der Waals surface area (Å²) in [6.07, 6.45) is 1.83. The number of ether oxygens (including phenoxy) is 3. The van der Waals surface area contributed by atoms with E-state index in [0.29, 0.717) is 26.3 Å². The van der Waals surface area contributed by atoms with Crippen LogP contribution in [-0.2, 0) is 14.3 Å². The molecular weight excluding hydrogens is 530 g/mol. The van der Waals surface area contributed by atoms with Gasteiger partial charge in [0.2, 0.25) is 0 Å². The predicted molar refractivity (Wildman–Crippen MR) is 155 cm³/mol. The van der Waals surface area contributed by atoms with E-state index in [-0.39, 0.29) is 23.5 Å². The van der Waals surface area contributed by atoms with Crippen LogP contribution in [0, 0.1) is 0 Å². The minimum atomic E-state index is -0.817. The van der Waals surface area contributed by atoms with Gasteiger partial charge in [-0.3, -0.25) is 14.2 Å². The molecule has 1 unspecified atom stereocenters. The van der Waals surface area contributed by atoms with Crippen LogP contribution in [0.1, 0.15) is 51.8 Å². The largest absolute Gasteiger partial charge is 0.493 e. The number of carbonyl (C=O) groups is 2. The van der Waals surface area contributed by atoms with E-state index in [0.717, 1.165) is 24.3 Å². The molecule has 0 spiro atoms. The fraction of sp³-hybridized carbons (Fsp3) is 0.333. The molecule has 0 aliphatic carbocycles. The van der Waals surface area contributed by atoms with Crippen molar-refractivity contribution in [3.05, 3.63) is 84.5 Å². The van der Waals surface area contributed by atoms with Crippen molar-refractivity contribution in [1.29, 1.82) is 0 Å². The first-order valence-electron chi connectivity index (χ1n) is 13.1. The summed E-state index contributed by atoms with van der Waals surface area (Å²) in [7, 11) is 1.45. The van der Waals surface area contributed by atoms with Crippen molar-refractivity contribution in [2.45, 2.75) is 40.7 Å². The lowest BCUT2D eigenvalue weighted by molar-refractivity contribution is -0.139. The van der Waals surface area contributed by atoms with Gasteiger partial charge in [-0.1, -0.05) is 29.5 Å². The Morgan fingerprint density at radius 2 is 1.77 bits per heavy atom. The quantitative estimate of drug-likeness (QED) is 0.290. The lowest BCUT2D eigenvalue weighted by Crippen LogP contribution is -2.40. The average Bonchev–Trinajstić information content (AvgIpc) is 3.23. The molecule has 1 aliphatic heterocycles. The first kappa shape index (κ1) is 28.8. The van der Waals surface area contributed by atoms with Crippen LogP contribution in [0.15, 0.2) is 63.5 Å². The first-order chi connectivity index (χ1) is 19.2. The third-order valence-electron chi connectivity index (χ3n) is 6.59. The Kier molecular flexibility index (Phi) is 8.89. The zero-order valence-electron chi connectivity index (χ0n) is 23.5. The van der Waals surface area contributed by atoms with Gasteiger partial charge in [0.05, 0.1) is 35.6 Å². The summed E-state index contributed by atoms with van der Waals surface area (Å²) < 4.78 is 18.1. The molecule has 0 bridgehead atoms. The summed E-state index contributed by atoms with van der Waals surface area (Å²) in [4.78, 5) is 45.9. The fourth-order valence-electron chi connectivity index (χ4n) is 4.72. The number of fused-ring (bicyclic) bond motifs is 1. The molecule has 2 heterocycles. The topological polar surface area (TPSA) is 99.4 Å². The third-order valence-corrected chi connectivity index (χ3v) is 7.58. The van der Waals surface area contributed by atoms with Crippen LogP contribution < -0.4 is 29.3 Å². The molecular formula is C30H33N3O6S. The Labute approximate surface area is 236 Å². The maximum Gasteiger partial charge on any atom is 0.338 e. The molecule has 9 nitrogen and oxygen atoms in total. The second-order valence-electron chi connectivity index (χ2n) is 9.07. The highest BCUT2D eigenvalue weighted by Crippen LogP contribution is 2.36. The summed E-state index contributed by atoms with van der Waals surface area (Å²) in [5.74, 6) is -0.524. The number of aromatic nitrogens is 1. The van der Waals surface area contributed by atoms with Crippen LogP contribution in [0.2, 0.25) is 0 Å². The molecule has 0 radical (unpaired) electrons. The second kappa shape index (κ2) is 12.3. The number of thiazole rings is 1. The number of hydrogen-bond acceptors (Lipinski definition) is 9. The summed E-state index contributed by atoms with van der Waals surface area (Å²) in [6, 6.07) is 12.2. The van der Waals surface area contributed by atoms with E-state index in [2.05, 4.69) is 23.7 Å². The highest BCUT2D eigenvalue weighted by molar-refractivity contribution is 7.07. The number of rotatable bonds is 9. The third kappa shape index (κ3) is 5.72. The van der Waals surface area contributed by atoms with Crippen molar-refractivity contribution in [2.24, 2.45) is 4.99 Å². The maximum absolute atomic E-state index is 13.9. The Hall–Kier alpha value is -4.18. The molecule has 0 fully saturated rings.